The van der Waals surface area contributed by atoms with Crippen molar-refractivity contribution >= 4 is 24.0 Å². The number of rotatable bonds is 6. The Morgan fingerprint density at radius 1 is 1.55 bits per heavy atom. The summed E-state index contributed by atoms with van der Waals surface area (Å²) in [5.74, 6) is -0.299. The van der Waals surface area contributed by atoms with E-state index in [0.717, 1.165) is 4.90 Å². The van der Waals surface area contributed by atoms with Crippen molar-refractivity contribution in [3.8, 4) is 0 Å². The molecule has 22 heavy (non-hydrogen) atoms. The average molecular weight is 303 g/mol. The van der Waals surface area contributed by atoms with Gasteiger partial charge in [-0.15, -0.1) is 0 Å². The molecule has 3 amide bonds. The first-order valence-corrected chi connectivity index (χ1v) is 6.65. The molecule has 1 N–H and O–H groups in total. The van der Waals surface area contributed by atoms with Gasteiger partial charge in [-0.3, -0.25) is 9.89 Å². The van der Waals surface area contributed by atoms with Gasteiger partial charge in [0, 0.05) is 6.20 Å². The highest BCUT2D eigenvalue weighted by Crippen LogP contribution is 2.20. The Balaban J connectivity index is 2.14. The Morgan fingerprint density at radius 2 is 2.36 bits per heavy atom. The summed E-state index contributed by atoms with van der Waals surface area (Å²) in [7, 11) is 1.49. The lowest BCUT2D eigenvalue weighted by molar-refractivity contribution is -0.116. The van der Waals surface area contributed by atoms with Crippen LogP contribution in [0.3, 0.4) is 0 Å². The number of hydrogen-bond donors (Lipinski definition) is 1. The highest BCUT2D eigenvalue weighted by atomic mass is 16.5. The van der Waals surface area contributed by atoms with Crippen molar-refractivity contribution < 1.29 is 14.3 Å². The summed E-state index contributed by atoms with van der Waals surface area (Å²) in [4.78, 5) is 31.0. The molecular formula is C14H17N5O3. The number of anilines is 1. The smallest absolute Gasteiger partial charge is 0.332 e. The number of nitrogens with zero attached hydrogens (tertiary/aromatic N) is 4. The largest absolute Gasteiger partial charge is 0.486 e. The Morgan fingerprint density at radius 3 is 3.00 bits per heavy atom. The second kappa shape index (κ2) is 7.21. The maximum Gasteiger partial charge on any atom is 0.332 e. The summed E-state index contributed by atoms with van der Waals surface area (Å²) >= 11 is 0. The van der Waals surface area contributed by atoms with Gasteiger partial charge in [0.15, 0.2) is 6.40 Å². The quantitative estimate of drug-likeness (QED) is 0.371. The number of ether oxygens (including phenoxy) is 1. The fourth-order valence-corrected chi connectivity index (χ4v) is 1.95. The summed E-state index contributed by atoms with van der Waals surface area (Å²) in [6, 6.07) is -0.398. The number of aromatic amines is 1. The fourth-order valence-electron chi connectivity index (χ4n) is 1.95. The van der Waals surface area contributed by atoms with E-state index in [1.54, 1.807) is 12.2 Å². The van der Waals surface area contributed by atoms with E-state index in [0.29, 0.717) is 11.4 Å². The maximum absolute atomic E-state index is 12.4. The predicted molar refractivity (Wildman–Crippen MR) is 81.4 cm³/mol. The van der Waals surface area contributed by atoms with Crippen molar-refractivity contribution in [3.63, 3.8) is 0 Å². The normalized spacial score (nSPS) is 16.5. The number of aromatic nitrogens is 2. The molecule has 2 rings (SSSR count). The number of allylic oxidation sites excluding steroid dienone is 3. The van der Waals surface area contributed by atoms with E-state index in [1.165, 1.54) is 30.8 Å². The molecule has 0 atom stereocenters. The van der Waals surface area contributed by atoms with Gasteiger partial charge in [0.2, 0.25) is 0 Å². The van der Waals surface area contributed by atoms with Crippen LogP contribution in [0.4, 0.5) is 10.5 Å². The average Bonchev–Trinajstić information content (AvgIpc) is 3.10. The van der Waals surface area contributed by atoms with E-state index in [9.17, 15) is 9.59 Å². The molecule has 116 valence electrons. The van der Waals surface area contributed by atoms with Crippen molar-refractivity contribution in [2.45, 2.75) is 6.92 Å². The second-order valence-electron chi connectivity index (χ2n) is 4.48. The Hall–Kier alpha value is -2.90. The van der Waals surface area contributed by atoms with Crippen molar-refractivity contribution in [1.82, 2.24) is 15.1 Å². The lowest BCUT2D eigenvalue weighted by Crippen LogP contribution is -2.33. The summed E-state index contributed by atoms with van der Waals surface area (Å²) in [5, 5.41) is 6.34. The number of carbonyl (C=O) groups is 2. The van der Waals surface area contributed by atoms with Gasteiger partial charge < -0.3 is 9.64 Å². The number of methoxy groups -OCH3 is 1. The molecule has 1 aliphatic heterocycles. The first-order chi connectivity index (χ1) is 10.7. The molecule has 1 aliphatic rings. The molecule has 1 aromatic heterocycles. The van der Waals surface area contributed by atoms with Gasteiger partial charge in [-0.25, -0.2) is 14.7 Å². The SMILES string of the molecule is C/C=C\C=C(\CN1CC(=O)N(c2cn[nH]c2)C1=O)N=COC. The lowest BCUT2D eigenvalue weighted by atomic mass is 10.3. The predicted octanol–water partition coefficient (Wildman–Crippen LogP) is 1.31. The standard InChI is InChI=1S/C14H17N5O3/c1-3-4-5-11(15-10-22-2)8-18-9-13(20)19(14(18)21)12-6-16-17-7-12/h3-7,10H,8-9H2,1-2H3,(H,16,17)/b4-3-,11-5-,15-10?. The molecule has 8 nitrogen and oxygen atoms in total. The summed E-state index contributed by atoms with van der Waals surface area (Å²) < 4.78 is 4.79. The molecule has 0 spiro atoms. The van der Waals surface area contributed by atoms with E-state index in [4.69, 9.17) is 4.74 Å². The van der Waals surface area contributed by atoms with Gasteiger partial charge in [0.25, 0.3) is 5.91 Å². The van der Waals surface area contributed by atoms with Crippen LogP contribution in [0.2, 0.25) is 0 Å². The molecular weight excluding hydrogens is 286 g/mol. The van der Waals surface area contributed by atoms with Crippen LogP contribution in [0, 0.1) is 0 Å². The van der Waals surface area contributed by atoms with E-state index in [2.05, 4.69) is 15.2 Å². The third kappa shape index (κ3) is 3.40. The number of imide groups is 1. The van der Waals surface area contributed by atoms with E-state index in [-0.39, 0.29) is 19.0 Å². The topological polar surface area (TPSA) is 90.9 Å². The van der Waals surface area contributed by atoms with E-state index >= 15 is 0 Å². The van der Waals surface area contributed by atoms with Crippen LogP contribution in [0.15, 0.2) is 41.3 Å². The van der Waals surface area contributed by atoms with Crippen molar-refractivity contribution in [3.05, 3.63) is 36.3 Å². The fraction of sp³-hybridized carbons (Fsp3) is 0.286. The minimum atomic E-state index is -0.398. The third-order valence-corrected chi connectivity index (χ3v) is 2.94. The lowest BCUT2D eigenvalue weighted by Gasteiger charge is -2.15. The number of H-pyrrole nitrogens is 1. The van der Waals surface area contributed by atoms with Gasteiger partial charge in [-0.2, -0.15) is 5.10 Å². The molecule has 2 heterocycles. The number of carbonyl (C=O) groups excluding carboxylic acids is 2. The first kappa shape index (κ1) is 15.5. The van der Waals surface area contributed by atoms with Crippen LogP contribution in [-0.2, 0) is 9.53 Å². The molecule has 0 radical (unpaired) electrons. The zero-order valence-electron chi connectivity index (χ0n) is 12.4. The summed E-state index contributed by atoms with van der Waals surface area (Å²) in [5.41, 5.74) is 1.03. The van der Waals surface area contributed by atoms with Gasteiger partial charge >= 0.3 is 6.03 Å². The van der Waals surface area contributed by atoms with E-state index < -0.39 is 6.03 Å². The molecule has 1 aromatic rings. The number of aliphatic imine (C=N–C) groups is 1. The Bertz CT molecular complexity index is 618. The maximum atomic E-state index is 12.4. The van der Waals surface area contributed by atoms with Crippen LogP contribution in [0.1, 0.15) is 6.92 Å². The van der Waals surface area contributed by atoms with Gasteiger partial charge in [-0.1, -0.05) is 12.2 Å². The second-order valence-corrected chi connectivity index (χ2v) is 4.48. The monoisotopic (exact) mass is 303 g/mol. The van der Waals surface area contributed by atoms with E-state index in [1.807, 2.05) is 13.0 Å². The van der Waals surface area contributed by atoms with Crippen LogP contribution in [0.5, 0.6) is 0 Å². The molecule has 1 saturated heterocycles. The van der Waals surface area contributed by atoms with Gasteiger partial charge in [0.1, 0.15) is 6.54 Å². The summed E-state index contributed by atoms with van der Waals surface area (Å²) in [6.45, 7) is 2.09. The van der Waals surface area contributed by atoms with Crippen LogP contribution in [-0.4, -0.2) is 53.6 Å². The number of hydrogen-bond acceptors (Lipinski definition) is 5. The zero-order valence-corrected chi connectivity index (χ0v) is 12.4. The highest BCUT2D eigenvalue weighted by Gasteiger charge is 2.37. The molecule has 8 heteroatoms. The summed E-state index contributed by atoms with van der Waals surface area (Å²) in [6.07, 6.45) is 9.62. The number of urea groups is 1. The third-order valence-electron chi connectivity index (χ3n) is 2.94. The molecule has 0 bridgehead atoms. The van der Waals surface area contributed by atoms with Crippen molar-refractivity contribution in [2.75, 3.05) is 25.1 Å². The van der Waals surface area contributed by atoms with Crippen LogP contribution >= 0.6 is 0 Å². The number of nitrogens with one attached hydrogen (secondary N) is 1. The minimum Gasteiger partial charge on any atom is -0.486 e. The molecule has 1 fully saturated rings. The highest BCUT2D eigenvalue weighted by molar-refractivity contribution is 6.19. The minimum absolute atomic E-state index is 0.000303. The number of amides is 3. The van der Waals surface area contributed by atoms with Gasteiger partial charge in [0.05, 0.1) is 31.2 Å². The molecule has 0 aromatic carbocycles. The van der Waals surface area contributed by atoms with Gasteiger partial charge in [-0.05, 0) is 13.0 Å². The Labute approximate surface area is 127 Å². The first-order valence-electron chi connectivity index (χ1n) is 6.65. The Kier molecular flexibility index (Phi) is 5.07. The van der Waals surface area contributed by atoms with Crippen molar-refractivity contribution in [1.29, 1.82) is 0 Å². The molecule has 0 saturated carbocycles. The van der Waals surface area contributed by atoms with Crippen LogP contribution < -0.4 is 4.90 Å². The molecule has 0 unspecified atom stereocenters. The zero-order chi connectivity index (χ0) is 15.9. The van der Waals surface area contributed by atoms with Crippen molar-refractivity contribution in [2.24, 2.45) is 4.99 Å². The molecule has 0 aliphatic carbocycles. The van der Waals surface area contributed by atoms with Crippen LogP contribution in [0.25, 0.3) is 0 Å².